The molecular weight excluding hydrogens is 332 g/mol. The molecule has 0 bridgehead atoms. The van der Waals surface area contributed by atoms with Crippen molar-refractivity contribution in [3.05, 3.63) is 41.7 Å². The number of aryl methyl sites for hydroxylation is 1. The number of nitrogens with zero attached hydrogens (tertiary/aromatic N) is 6. The topological polar surface area (TPSA) is 82.0 Å². The predicted molar refractivity (Wildman–Crippen MR) is 92.1 cm³/mol. The van der Waals surface area contributed by atoms with Gasteiger partial charge in [0.2, 0.25) is 0 Å². The van der Waals surface area contributed by atoms with Crippen molar-refractivity contribution in [2.45, 2.75) is 32.4 Å². The first-order valence-electron chi connectivity index (χ1n) is 8.95. The lowest BCUT2D eigenvalue weighted by molar-refractivity contribution is 0.0733. The van der Waals surface area contributed by atoms with E-state index in [9.17, 15) is 4.79 Å². The molecule has 8 heteroatoms. The normalized spacial score (nSPS) is 16.7. The van der Waals surface area contributed by atoms with Gasteiger partial charge >= 0.3 is 0 Å². The summed E-state index contributed by atoms with van der Waals surface area (Å²) in [7, 11) is 1.96. The van der Waals surface area contributed by atoms with E-state index >= 15 is 0 Å². The number of amides is 1. The standard InChI is InChI=1S/C18H20N6O2/c1-22-15-4-6-23(18(25)13-5-7-26-10-13)9-14(15)16(21-22)17-20-19-11-24(17)8-12-2-3-12/h5,7,10-12H,2-4,6,8-9H2,1H3. The molecule has 3 aromatic heterocycles. The zero-order valence-electron chi connectivity index (χ0n) is 14.6. The number of rotatable bonds is 4. The molecule has 8 nitrogen and oxygen atoms in total. The van der Waals surface area contributed by atoms with Crippen molar-refractivity contribution in [1.82, 2.24) is 29.4 Å². The van der Waals surface area contributed by atoms with Crippen LogP contribution in [-0.4, -0.2) is 41.9 Å². The van der Waals surface area contributed by atoms with E-state index in [-0.39, 0.29) is 5.91 Å². The van der Waals surface area contributed by atoms with Gasteiger partial charge in [-0.15, -0.1) is 10.2 Å². The zero-order chi connectivity index (χ0) is 17.7. The molecule has 1 aliphatic heterocycles. The fraction of sp³-hybridized carbons (Fsp3) is 0.444. The molecule has 0 spiro atoms. The second kappa shape index (κ2) is 5.82. The van der Waals surface area contributed by atoms with Crippen molar-refractivity contribution < 1.29 is 9.21 Å². The van der Waals surface area contributed by atoms with Gasteiger partial charge in [0.25, 0.3) is 5.91 Å². The molecule has 0 radical (unpaired) electrons. The fourth-order valence-corrected chi connectivity index (χ4v) is 3.66. The Hall–Kier alpha value is -2.90. The average Bonchev–Trinajstić information content (AvgIpc) is 3.04. The Balaban J connectivity index is 1.49. The van der Waals surface area contributed by atoms with Crippen LogP contribution in [0.2, 0.25) is 0 Å². The van der Waals surface area contributed by atoms with E-state index in [1.807, 2.05) is 16.6 Å². The maximum atomic E-state index is 12.7. The largest absolute Gasteiger partial charge is 0.472 e. The highest BCUT2D eigenvalue weighted by Gasteiger charge is 2.30. The van der Waals surface area contributed by atoms with Crippen LogP contribution in [0.1, 0.15) is 34.5 Å². The SMILES string of the molecule is Cn1nc(-c2nncn2CC2CC2)c2c1CCN(C(=O)c1ccoc1)C2. The van der Waals surface area contributed by atoms with E-state index in [1.165, 1.54) is 25.4 Å². The Morgan fingerprint density at radius 3 is 3.04 bits per heavy atom. The first-order chi connectivity index (χ1) is 12.7. The van der Waals surface area contributed by atoms with Crippen molar-refractivity contribution in [3.8, 4) is 11.5 Å². The van der Waals surface area contributed by atoms with Crippen LogP contribution in [0.5, 0.6) is 0 Å². The number of aromatic nitrogens is 5. The maximum absolute atomic E-state index is 12.7. The summed E-state index contributed by atoms with van der Waals surface area (Å²) in [4.78, 5) is 14.5. The first kappa shape index (κ1) is 15.4. The Bertz CT molecular complexity index is 951. The van der Waals surface area contributed by atoms with Gasteiger partial charge in [-0.1, -0.05) is 0 Å². The van der Waals surface area contributed by atoms with Crippen LogP contribution in [-0.2, 0) is 26.6 Å². The molecular formula is C18H20N6O2. The second-order valence-corrected chi connectivity index (χ2v) is 7.14. The molecule has 3 aromatic rings. The van der Waals surface area contributed by atoms with E-state index < -0.39 is 0 Å². The van der Waals surface area contributed by atoms with Crippen molar-refractivity contribution in [3.63, 3.8) is 0 Å². The molecule has 1 saturated carbocycles. The average molecular weight is 352 g/mol. The van der Waals surface area contributed by atoms with Gasteiger partial charge in [0, 0.05) is 37.8 Å². The second-order valence-electron chi connectivity index (χ2n) is 7.14. The molecule has 1 fully saturated rings. The van der Waals surface area contributed by atoms with Gasteiger partial charge < -0.3 is 13.9 Å². The summed E-state index contributed by atoms with van der Waals surface area (Å²) < 4.78 is 9.07. The molecule has 2 aliphatic rings. The van der Waals surface area contributed by atoms with E-state index in [2.05, 4.69) is 14.8 Å². The van der Waals surface area contributed by atoms with Crippen molar-refractivity contribution in [2.24, 2.45) is 13.0 Å². The minimum Gasteiger partial charge on any atom is -0.472 e. The third-order valence-corrected chi connectivity index (χ3v) is 5.28. The van der Waals surface area contributed by atoms with E-state index in [1.54, 1.807) is 12.4 Å². The van der Waals surface area contributed by atoms with Crippen LogP contribution in [0.3, 0.4) is 0 Å². The smallest absolute Gasteiger partial charge is 0.257 e. The Labute approximate surface area is 150 Å². The lowest BCUT2D eigenvalue weighted by atomic mass is 10.0. The Morgan fingerprint density at radius 2 is 2.27 bits per heavy atom. The molecule has 1 aliphatic carbocycles. The van der Waals surface area contributed by atoms with Crippen LogP contribution in [0.15, 0.2) is 29.3 Å². The molecule has 1 amide bonds. The minimum absolute atomic E-state index is 0.0151. The number of carbonyl (C=O) groups is 1. The van der Waals surface area contributed by atoms with Gasteiger partial charge in [0.05, 0.1) is 18.4 Å². The quantitative estimate of drug-likeness (QED) is 0.716. The molecule has 4 heterocycles. The van der Waals surface area contributed by atoms with E-state index in [0.29, 0.717) is 18.7 Å². The third-order valence-electron chi connectivity index (χ3n) is 5.28. The summed E-state index contributed by atoms with van der Waals surface area (Å²) >= 11 is 0. The monoisotopic (exact) mass is 352 g/mol. The van der Waals surface area contributed by atoms with Crippen LogP contribution in [0.25, 0.3) is 11.5 Å². The highest BCUT2D eigenvalue weighted by molar-refractivity contribution is 5.94. The van der Waals surface area contributed by atoms with Gasteiger partial charge in [-0.25, -0.2) is 0 Å². The number of furan rings is 1. The molecule has 0 aromatic carbocycles. The minimum atomic E-state index is -0.0151. The molecule has 5 rings (SSSR count). The molecule has 0 N–H and O–H groups in total. The Kier molecular flexibility index (Phi) is 3.44. The summed E-state index contributed by atoms with van der Waals surface area (Å²) in [5.41, 5.74) is 3.65. The lowest BCUT2D eigenvalue weighted by Gasteiger charge is -2.27. The Morgan fingerprint density at radius 1 is 1.38 bits per heavy atom. The summed E-state index contributed by atoms with van der Waals surface area (Å²) in [6, 6.07) is 1.70. The summed E-state index contributed by atoms with van der Waals surface area (Å²) in [5.74, 6) is 1.51. The molecule has 0 unspecified atom stereocenters. The van der Waals surface area contributed by atoms with Gasteiger partial charge in [-0.3, -0.25) is 9.48 Å². The number of hydrogen-bond donors (Lipinski definition) is 0. The third kappa shape index (κ3) is 2.53. The number of hydrogen-bond acceptors (Lipinski definition) is 5. The van der Waals surface area contributed by atoms with Crippen molar-refractivity contribution in [1.29, 1.82) is 0 Å². The van der Waals surface area contributed by atoms with E-state index in [4.69, 9.17) is 9.52 Å². The van der Waals surface area contributed by atoms with Gasteiger partial charge in [0.15, 0.2) is 5.82 Å². The van der Waals surface area contributed by atoms with Gasteiger partial charge in [-0.2, -0.15) is 5.10 Å². The summed E-state index contributed by atoms with van der Waals surface area (Å²) in [5, 5.41) is 13.1. The number of carbonyl (C=O) groups excluding carboxylic acids is 1. The van der Waals surface area contributed by atoms with Crippen molar-refractivity contribution in [2.75, 3.05) is 6.54 Å². The highest BCUT2D eigenvalue weighted by Crippen LogP contribution is 2.33. The lowest BCUT2D eigenvalue weighted by Crippen LogP contribution is -2.36. The van der Waals surface area contributed by atoms with E-state index in [0.717, 1.165) is 41.7 Å². The molecule has 26 heavy (non-hydrogen) atoms. The van der Waals surface area contributed by atoms with Gasteiger partial charge in [0.1, 0.15) is 18.3 Å². The number of fused-ring (bicyclic) bond motifs is 1. The summed E-state index contributed by atoms with van der Waals surface area (Å²) in [6.45, 7) is 2.13. The van der Waals surface area contributed by atoms with Gasteiger partial charge in [-0.05, 0) is 24.8 Å². The fourth-order valence-electron chi connectivity index (χ4n) is 3.66. The summed E-state index contributed by atoms with van der Waals surface area (Å²) in [6.07, 6.45) is 8.12. The molecule has 0 atom stereocenters. The highest BCUT2D eigenvalue weighted by atomic mass is 16.3. The van der Waals surface area contributed by atoms with Crippen LogP contribution in [0, 0.1) is 5.92 Å². The zero-order valence-corrected chi connectivity index (χ0v) is 14.6. The first-order valence-corrected chi connectivity index (χ1v) is 8.95. The molecule has 134 valence electrons. The predicted octanol–water partition coefficient (Wildman–Crippen LogP) is 1.88. The van der Waals surface area contributed by atoms with Crippen molar-refractivity contribution >= 4 is 5.91 Å². The van der Waals surface area contributed by atoms with Crippen LogP contribution < -0.4 is 0 Å². The molecule has 0 saturated heterocycles. The van der Waals surface area contributed by atoms with Crippen LogP contribution >= 0.6 is 0 Å². The van der Waals surface area contributed by atoms with Crippen LogP contribution in [0.4, 0.5) is 0 Å². The maximum Gasteiger partial charge on any atom is 0.257 e.